The number of likely N-dealkylation sites (tertiary alicyclic amines) is 1. The number of hydrogen-bond donors (Lipinski definition) is 2. The largest absolute Gasteiger partial charge is 0.467 e. The van der Waals surface area contributed by atoms with Crippen molar-refractivity contribution >= 4 is 55.9 Å². The molecule has 13 heteroatoms. The van der Waals surface area contributed by atoms with Gasteiger partial charge in [0.2, 0.25) is 15.9 Å². The molecule has 196 valence electrons. The summed E-state index contributed by atoms with van der Waals surface area (Å²) >= 11 is 6.48. The van der Waals surface area contributed by atoms with Crippen molar-refractivity contribution in [1.82, 2.24) is 19.6 Å². The first-order valence-corrected chi connectivity index (χ1v) is 13.2. The molecule has 1 saturated heterocycles. The highest BCUT2D eigenvalue weighted by Crippen LogP contribution is 2.29. The van der Waals surface area contributed by atoms with E-state index in [1.165, 1.54) is 24.3 Å². The first-order valence-electron chi connectivity index (χ1n) is 11.4. The second-order valence-corrected chi connectivity index (χ2v) is 11.0. The molecule has 3 heterocycles. The summed E-state index contributed by atoms with van der Waals surface area (Å²) < 4.78 is 33.2. The molecule has 4 rings (SSSR count). The number of sulfonamides is 1. The normalized spacial score (nSPS) is 16.7. The van der Waals surface area contributed by atoms with Crippen LogP contribution in [0.4, 0.5) is 11.6 Å². The van der Waals surface area contributed by atoms with Crippen molar-refractivity contribution in [1.29, 1.82) is 0 Å². The van der Waals surface area contributed by atoms with Crippen LogP contribution in [0.3, 0.4) is 0 Å². The van der Waals surface area contributed by atoms with Crippen LogP contribution < -0.4 is 15.4 Å². The number of nitrogens with one attached hydrogen (secondary N) is 1. The molecule has 3 N–H and O–H groups in total. The number of benzene rings is 1. The van der Waals surface area contributed by atoms with Gasteiger partial charge in [-0.05, 0) is 47.7 Å². The lowest BCUT2D eigenvalue weighted by molar-refractivity contribution is -0.151. The number of halogens is 1. The van der Waals surface area contributed by atoms with Gasteiger partial charge in [-0.25, -0.2) is 23.2 Å². The fourth-order valence-electron chi connectivity index (χ4n) is 4.26. The molecule has 2 atom stereocenters. The number of esters is 1. The summed E-state index contributed by atoms with van der Waals surface area (Å²) in [7, 11) is 0.785. The quantitative estimate of drug-likeness (QED) is 0.402. The van der Waals surface area contributed by atoms with Gasteiger partial charge in [-0.1, -0.05) is 11.6 Å². The molecule has 0 saturated carbocycles. The molecule has 0 spiro atoms. The van der Waals surface area contributed by atoms with E-state index in [0.29, 0.717) is 27.6 Å². The number of fused-ring (bicyclic) bond motifs is 1. The molecule has 11 nitrogen and oxygen atoms in total. The molecule has 2 unspecified atom stereocenters. The van der Waals surface area contributed by atoms with E-state index in [9.17, 15) is 18.0 Å². The summed E-state index contributed by atoms with van der Waals surface area (Å²) in [5.74, 6) is -0.242. The Kier molecular flexibility index (Phi) is 7.53. The zero-order chi connectivity index (χ0) is 26.9. The number of pyridine rings is 2. The minimum atomic E-state index is -4.02. The summed E-state index contributed by atoms with van der Waals surface area (Å²) in [6.07, 6.45) is 3.06. The zero-order valence-electron chi connectivity index (χ0n) is 20.5. The fourth-order valence-corrected chi connectivity index (χ4v) is 5.67. The van der Waals surface area contributed by atoms with Crippen LogP contribution in [-0.2, 0) is 30.8 Å². The first-order chi connectivity index (χ1) is 17.5. The molecular formula is C24H27ClN6O5S. The zero-order valence-corrected chi connectivity index (χ0v) is 22.1. The lowest BCUT2D eigenvalue weighted by Gasteiger charge is -2.26. The fraction of sp³-hybridized carbons (Fsp3) is 0.333. The number of methoxy groups -OCH3 is 1. The van der Waals surface area contributed by atoms with Gasteiger partial charge in [0.15, 0.2) is 0 Å². The molecule has 0 radical (unpaired) electrons. The number of nitrogens with zero attached hydrogens (tertiary/aromatic N) is 4. The summed E-state index contributed by atoms with van der Waals surface area (Å²) in [6.45, 7) is 0.158. The summed E-state index contributed by atoms with van der Waals surface area (Å²) in [5, 5.41) is 1.81. The number of aromatic nitrogens is 2. The molecule has 0 aliphatic carbocycles. The van der Waals surface area contributed by atoms with Crippen LogP contribution >= 0.6 is 11.6 Å². The summed E-state index contributed by atoms with van der Waals surface area (Å²) in [4.78, 5) is 37.2. The molecule has 1 aromatic carbocycles. The lowest BCUT2D eigenvalue weighted by atomic mass is 10.0. The van der Waals surface area contributed by atoms with Crippen molar-refractivity contribution in [2.45, 2.75) is 29.8 Å². The number of carbonyl (C=O) groups is 2. The van der Waals surface area contributed by atoms with E-state index >= 15 is 0 Å². The van der Waals surface area contributed by atoms with Gasteiger partial charge in [-0.15, -0.1) is 0 Å². The minimum absolute atomic E-state index is 0.0643. The maximum absolute atomic E-state index is 13.3. The molecule has 3 aromatic rings. The van der Waals surface area contributed by atoms with Crippen molar-refractivity contribution < 1.29 is 22.7 Å². The van der Waals surface area contributed by atoms with Crippen LogP contribution in [0.2, 0.25) is 5.02 Å². The van der Waals surface area contributed by atoms with Crippen molar-refractivity contribution in [2.75, 3.05) is 38.4 Å². The van der Waals surface area contributed by atoms with Gasteiger partial charge in [-0.2, -0.15) is 4.72 Å². The average Bonchev–Trinajstić information content (AvgIpc) is 3.21. The Labute approximate surface area is 219 Å². The number of ether oxygens (including phenoxy) is 1. The number of nitrogen functional groups attached to an aromatic ring is 1. The van der Waals surface area contributed by atoms with Crippen LogP contribution in [-0.4, -0.2) is 75.0 Å². The lowest BCUT2D eigenvalue weighted by Crippen LogP contribution is -2.48. The van der Waals surface area contributed by atoms with E-state index in [-0.39, 0.29) is 24.3 Å². The molecule has 1 aliphatic heterocycles. The van der Waals surface area contributed by atoms with Crippen molar-refractivity contribution in [3.05, 3.63) is 53.3 Å². The molecular weight excluding hydrogens is 520 g/mol. The highest BCUT2D eigenvalue weighted by atomic mass is 35.5. The molecule has 37 heavy (non-hydrogen) atoms. The van der Waals surface area contributed by atoms with Gasteiger partial charge >= 0.3 is 5.97 Å². The van der Waals surface area contributed by atoms with E-state index in [0.717, 1.165) is 5.39 Å². The third kappa shape index (κ3) is 5.45. The molecule has 1 amide bonds. The van der Waals surface area contributed by atoms with Gasteiger partial charge in [0.05, 0.1) is 7.11 Å². The SMILES string of the molecule is COC(=O)C(Cc1cc2ccnc(N)c2cc1Cl)N1CCC(NS(=O)(=O)c2ccc(N(C)C)nc2)C1=O. The van der Waals surface area contributed by atoms with Gasteiger partial charge in [0.25, 0.3) is 0 Å². The highest BCUT2D eigenvalue weighted by molar-refractivity contribution is 7.89. The van der Waals surface area contributed by atoms with Crippen LogP contribution in [0.25, 0.3) is 10.8 Å². The van der Waals surface area contributed by atoms with Gasteiger partial charge in [-0.3, -0.25) is 4.79 Å². The van der Waals surface area contributed by atoms with Crippen LogP contribution in [0.5, 0.6) is 0 Å². The Morgan fingerprint density at radius 3 is 2.70 bits per heavy atom. The second-order valence-electron chi connectivity index (χ2n) is 8.84. The number of nitrogens with two attached hydrogens (primary N) is 1. The maximum atomic E-state index is 13.3. The summed E-state index contributed by atoms with van der Waals surface area (Å²) in [6, 6.07) is 6.18. The van der Waals surface area contributed by atoms with Crippen molar-refractivity contribution in [3.63, 3.8) is 0 Å². The number of hydrogen-bond acceptors (Lipinski definition) is 9. The van der Waals surface area contributed by atoms with Crippen LogP contribution in [0.15, 0.2) is 47.6 Å². The predicted octanol–water partition coefficient (Wildman–Crippen LogP) is 1.59. The van der Waals surface area contributed by atoms with E-state index in [1.807, 2.05) is 0 Å². The molecule has 1 aliphatic rings. The molecule has 1 fully saturated rings. The Balaban J connectivity index is 1.55. The third-order valence-electron chi connectivity index (χ3n) is 6.25. The number of rotatable bonds is 8. The van der Waals surface area contributed by atoms with Gasteiger partial charge in [0.1, 0.15) is 28.6 Å². The molecule has 2 aromatic heterocycles. The smallest absolute Gasteiger partial charge is 0.328 e. The third-order valence-corrected chi connectivity index (χ3v) is 8.06. The minimum Gasteiger partial charge on any atom is -0.467 e. The van der Waals surface area contributed by atoms with Crippen LogP contribution in [0, 0.1) is 0 Å². The van der Waals surface area contributed by atoms with Crippen LogP contribution in [0.1, 0.15) is 12.0 Å². The Morgan fingerprint density at radius 2 is 2.05 bits per heavy atom. The standard InChI is InChI=1S/C24H27ClN6O5S/c1-30(2)21-5-4-16(13-28-21)37(34,35)29-19-7-9-31(23(19)32)20(24(33)36-3)11-15-10-14-6-8-27-22(26)17(14)12-18(15)25/h4-6,8,10,12-13,19-20,29H,7,9,11H2,1-3H3,(H2,26,27). The topological polar surface area (TPSA) is 148 Å². The summed E-state index contributed by atoms with van der Waals surface area (Å²) in [5.41, 5.74) is 6.54. The monoisotopic (exact) mass is 546 g/mol. The van der Waals surface area contributed by atoms with E-state index in [1.54, 1.807) is 49.5 Å². The van der Waals surface area contributed by atoms with E-state index in [2.05, 4.69) is 14.7 Å². The number of anilines is 2. The van der Waals surface area contributed by atoms with E-state index < -0.39 is 34.0 Å². The number of carbonyl (C=O) groups excluding carboxylic acids is 2. The Morgan fingerprint density at radius 1 is 1.30 bits per heavy atom. The first kappa shape index (κ1) is 26.6. The Hall–Kier alpha value is -3.48. The predicted molar refractivity (Wildman–Crippen MR) is 140 cm³/mol. The average molecular weight is 547 g/mol. The second kappa shape index (κ2) is 10.5. The van der Waals surface area contributed by atoms with Gasteiger partial charge in [0, 0.05) is 49.9 Å². The molecule has 0 bridgehead atoms. The van der Waals surface area contributed by atoms with E-state index in [4.69, 9.17) is 22.1 Å². The Bertz CT molecular complexity index is 1450. The maximum Gasteiger partial charge on any atom is 0.328 e. The van der Waals surface area contributed by atoms with Gasteiger partial charge < -0.3 is 20.3 Å². The number of amides is 1. The highest BCUT2D eigenvalue weighted by Gasteiger charge is 2.41. The van der Waals surface area contributed by atoms with Crippen molar-refractivity contribution in [2.24, 2.45) is 0 Å². The van der Waals surface area contributed by atoms with Crippen molar-refractivity contribution in [3.8, 4) is 0 Å².